The normalized spacial score (nSPS) is 17.7. The Morgan fingerprint density at radius 2 is 1.95 bits per heavy atom. The molecule has 0 saturated carbocycles. The van der Waals surface area contributed by atoms with Crippen molar-refractivity contribution in [2.75, 3.05) is 23.0 Å². The van der Waals surface area contributed by atoms with Crippen molar-refractivity contribution in [1.29, 1.82) is 0 Å². The molecule has 2 aromatic carbocycles. The number of aryl methyl sites for hydroxylation is 2. The lowest BCUT2D eigenvalue weighted by Gasteiger charge is -2.32. The van der Waals surface area contributed by atoms with Crippen LogP contribution in [0, 0.1) is 13.8 Å². The zero-order valence-corrected chi connectivity index (χ0v) is 22.3. The standard InChI is InChI=1S/C29H23N3O6S/c1-5-13-31-19-10-8-7-9-18(19)29(27(31)36)21-22(33)17-14-15(3)11-12-20(17)38-23(21)25(34)32(29)28-30-16(4)24(39-28)26(35)37-6-2/h5,7-12,14H,1,6,13H2,2-4H3. The minimum Gasteiger partial charge on any atom is -0.462 e. The van der Waals surface area contributed by atoms with Gasteiger partial charge in [-0.25, -0.2) is 9.78 Å². The fraction of sp³-hybridized carbons (Fsp3) is 0.207. The number of rotatable bonds is 5. The SMILES string of the molecule is C=CCN1C(=O)C2(c3ccccc31)c1c(oc3ccc(C)cc3c1=O)C(=O)N2c1nc(C)c(C(=O)OCC)s1. The summed E-state index contributed by atoms with van der Waals surface area (Å²) in [6.07, 6.45) is 1.58. The number of esters is 1. The van der Waals surface area contributed by atoms with Gasteiger partial charge in [0.15, 0.2) is 16.1 Å². The Balaban J connectivity index is 1.73. The van der Waals surface area contributed by atoms with E-state index in [1.807, 2.05) is 6.92 Å². The van der Waals surface area contributed by atoms with Crippen LogP contribution in [-0.4, -0.2) is 35.9 Å². The maximum Gasteiger partial charge on any atom is 0.350 e. The average Bonchev–Trinajstić information content (AvgIpc) is 3.50. The van der Waals surface area contributed by atoms with Gasteiger partial charge in [-0.15, -0.1) is 6.58 Å². The zero-order chi connectivity index (χ0) is 27.6. The highest BCUT2D eigenvalue weighted by Crippen LogP contribution is 2.54. The summed E-state index contributed by atoms with van der Waals surface area (Å²) >= 11 is 0.929. The van der Waals surface area contributed by atoms with E-state index in [9.17, 15) is 19.2 Å². The van der Waals surface area contributed by atoms with Gasteiger partial charge < -0.3 is 14.1 Å². The molecule has 1 unspecified atom stereocenters. The van der Waals surface area contributed by atoms with E-state index in [1.54, 1.807) is 62.4 Å². The number of carbonyl (C=O) groups is 3. The molecule has 0 saturated heterocycles. The third kappa shape index (κ3) is 3.21. The number of hydrogen-bond donors (Lipinski definition) is 0. The van der Waals surface area contributed by atoms with E-state index < -0.39 is 28.8 Å². The molecule has 2 aromatic heterocycles. The van der Waals surface area contributed by atoms with Gasteiger partial charge >= 0.3 is 5.97 Å². The van der Waals surface area contributed by atoms with E-state index in [0.29, 0.717) is 16.9 Å². The molecule has 2 aliphatic rings. The van der Waals surface area contributed by atoms with Crippen LogP contribution in [0.2, 0.25) is 0 Å². The molecule has 0 fully saturated rings. The van der Waals surface area contributed by atoms with Crippen LogP contribution in [-0.2, 0) is 15.1 Å². The summed E-state index contributed by atoms with van der Waals surface area (Å²) in [6.45, 7) is 9.26. The monoisotopic (exact) mass is 541 g/mol. The molecule has 0 bridgehead atoms. The summed E-state index contributed by atoms with van der Waals surface area (Å²) in [7, 11) is 0. The summed E-state index contributed by atoms with van der Waals surface area (Å²) in [6, 6.07) is 12.1. The first-order valence-corrected chi connectivity index (χ1v) is 13.2. The summed E-state index contributed by atoms with van der Waals surface area (Å²) < 4.78 is 11.2. The molecular formula is C29H23N3O6S. The number of thiazole rings is 1. The molecule has 4 heterocycles. The van der Waals surface area contributed by atoms with Crippen LogP contribution >= 0.6 is 11.3 Å². The van der Waals surface area contributed by atoms with Gasteiger partial charge in [0.05, 0.1) is 28.9 Å². The quantitative estimate of drug-likeness (QED) is 0.271. The van der Waals surface area contributed by atoms with E-state index in [0.717, 1.165) is 16.9 Å². The Hall–Kier alpha value is -4.57. The number of amides is 2. The molecule has 2 aliphatic heterocycles. The molecule has 1 atom stereocenters. The zero-order valence-electron chi connectivity index (χ0n) is 21.4. The lowest BCUT2D eigenvalue weighted by Crippen LogP contribution is -2.53. The van der Waals surface area contributed by atoms with Gasteiger partial charge in [-0.2, -0.15) is 0 Å². The Kier molecular flexibility index (Phi) is 5.55. The highest BCUT2D eigenvalue weighted by atomic mass is 32.1. The molecule has 6 rings (SSSR count). The van der Waals surface area contributed by atoms with E-state index >= 15 is 0 Å². The van der Waals surface area contributed by atoms with Crippen LogP contribution < -0.4 is 15.2 Å². The van der Waals surface area contributed by atoms with Crippen LogP contribution in [0.5, 0.6) is 0 Å². The number of nitrogens with zero attached hydrogens (tertiary/aromatic N) is 3. The van der Waals surface area contributed by atoms with Gasteiger partial charge in [-0.05, 0) is 39.0 Å². The van der Waals surface area contributed by atoms with Crippen molar-refractivity contribution in [3.63, 3.8) is 0 Å². The molecule has 0 radical (unpaired) electrons. The molecule has 4 aromatic rings. The van der Waals surface area contributed by atoms with Gasteiger partial charge in [0.1, 0.15) is 10.5 Å². The van der Waals surface area contributed by atoms with Crippen molar-refractivity contribution >= 4 is 50.9 Å². The van der Waals surface area contributed by atoms with Crippen LogP contribution in [0.3, 0.4) is 0 Å². The van der Waals surface area contributed by atoms with Gasteiger partial charge in [0.2, 0.25) is 5.76 Å². The predicted molar refractivity (Wildman–Crippen MR) is 147 cm³/mol. The lowest BCUT2D eigenvalue weighted by atomic mass is 9.84. The summed E-state index contributed by atoms with van der Waals surface area (Å²) in [5.74, 6) is -2.03. The number of carbonyl (C=O) groups excluding carboxylic acids is 3. The highest BCUT2D eigenvalue weighted by Gasteiger charge is 2.66. The van der Waals surface area contributed by atoms with Gasteiger partial charge in [0, 0.05) is 12.1 Å². The first-order chi connectivity index (χ1) is 18.7. The predicted octanol–water partition coefficient (Wildman–Crippen LogP) is 4.48. The maximum absolute atomic E-state index is 14.5. The van der Waals surface area contributed by atoms with Gasteiger partial charge in [-0.3, -0.25) is 19.3 Å². The summed E-state index contributed by atoms with van der Waals surface area (Å²) in [5.41, 5.74) is -0.0576. The summed E-state index contributed by atoms with van der Waals surface area (Å²) in [4.78, 5) is 63.0. The Bertz CT molecular complexity index is 1800. The molecule has 0 aliphatic carbocycles. The van der Waals surface area contributed by atoms with E-state index in [1.165, 1.54) is 9.80 Å². The molecule has 2 amide bonds. The second-order valence-corrected chi connectivity index (χ2v) is 10.3. The highest BCUT2D eigenvalue weighted by molar-refractivity contribution is 7.17. The number of anilines is 2. The van der Waals surface area contributed by atoms with Crippen molar-refractivity contribution < 1.29 is 23.5 Å². The number of benzene rings is 2. The van der Waals surface area contributed by atoms with Crippen molar-refractivity contribution in [1.82, 2.24) is 4.98 Å². The maximum atomic E-state index is 14.5. The van der Waals surface area contributed by atoms with Crippen LogP contribution in [0.4, 0.5) is 10.8 Å². The Morgan fingerprint density at radius 1 is 1.18 bits per heavy atom. The minimum absolute atomic E-state index is 0.0693. The van der Waals surface area contributed by atoms with Crippen molar-refractivity contribution in [2.45, 2.75) is 26.3 Å². The number of fused-ring (bicyclic) bond motifs is 5. The molecular weight excluding hydrogens is 518 g/mol. The molecule has 196 valence electrons. The third-order valence-electron chi connectivity index (χ3n) is 7.03. The Labute approximate surface area is 226 Å². The third-order valence-corrected chi connectivity index (χ3v) is 8.15. The molecule has 10 heteroatoms. The Morgan fingerprint density at radius 3 is 2.69 bits per heavy atom. The summed E-state index contributed by atoms with van der Waals surface area (Å²) in [5, 5.41) is 0.341. The molecule has 0 N–H and O–H groups in total. The average molecular weight is 542 g/mol. The fourth-order valence-corrected chi connectivity index (χ4v) is 6.46. The van der Waals surface area contributed by atoms with Crippen molar-refractivity contribution in [3.05, 3.63) is 98.4 Å². The van der Waals surface area contributed by atoms with Gasteiger partial charge in [-0.1, -0.05) is 47.2 Å². The molecule has 1 spiro atoms. The van der Waals surface area contributed by atoms with Crippen molar-refractivity contribution in [3.8, 4) is 0 Å². The largest absolute Gasteiger partial charge is 0.462 e. The second-order valence-electron chi connectivity index (χ2n) is 9.34. The van der Waals surface area contributed by atoms with Crippen LogP contribution in [0.15, 0.2) is 64.3 Å². The minimum atomic E-state index is -1.89. The smallest absolute Gasteiger partial charge is 0.350 e. The number of ether oxygens (including phenoxy) is 1. The van der Waals surface area contributed by atoms with Crippen LogP contribution in [0.25, 0.3) is 11.0 Å². The number of para-hydroxylation sites is 1. The number of aromatic nitrogens is 1. The second kappa shape index (κ2) is 8.74. The first kappa shape index (κ1) is 24.7. The van der Waals surface area contributed by atoms with Crippen molar-refractivity contribution in [2.24, 2.45) is 0 Å². The van der Waals surface area contributed by atoms with E-state index in [2.05, 4.69) is 11.6 Å². The fourth-order valence-electron chi connectivity index (χ4n) is 5.45. The van der Waals surface area contributed by atoms with E-state index in [4.69, 9.17) is 9.15 Å². The first-order valence-electron chi connectivity index (χ1n) is 12.3. The lowest BCUT2D eigenvalue weighted by molar-refractivity contribution is -0.121. The topological polar surface area (TPSA) is 110 Å². The van der Waals surface area contributed by atoms with Gasteiger partial charge in [0.25, 0.3) is 11.8 Å². The van der Waals surface area contributed by atoms with E-state index in [-0.39, 0.29) is 45.5 Å². The molecule has 39 heavy (non-hydrogen) atoms. The molecule has 9 nitrogen and oxygen atoms in total. The van der Waals surface area contributed by atoms with Crippen LogP contribution in [0.1, 0.15) is 49.5 Å². The number of hydrogen-bond acceptors (Lipinski definition) is 8.